The standard InChI is InChI=1S/C14H16N2O2S/c1-2-11-3-5-12(6-4-11)18-9-10-19-14-15-8-7-13(17)16-14/h3-8H,2,9-10H2,1H3,(H,15,16,17). The highest BCUT2D eigenvalue weighted by Crippen LogP contribution is 2.14. The van der Waals surface area contributed by atoms with Gasteiger partial charge in [0.05, 0.1) is 6.61 Å². The molecule has 0 fully saturated rings. The third-order valence-electron chi connectivity index (χ3n) is 2.57. The van der Waals surface area contributed by atoms with E-state index in [1.807, 2.05) is 12.1 Å². The summed E-state index contributed by atoms with van der Waals surface area (Å²) >= 11 is 1.47. The molecule has 0 unspecified atom stereocenters. The lowest BCUT2D eigenvalue weighted by molar-refractivity contribution is 0.344. The Labute approximate surface area is 116 Å². The predicted octanol–water partition coefficient (Wildman–Crippen LogP) is 2.50. The van der Waals surface area contributed by atoms with Gasteiger partial charge in [-0.05, 0) is 24.1 Å². The fraction of sp³-hybridized carbons (Fsp3) is 0.286. The van der Waals surface area contributed by atoms with Gasteiger partial charge in [0.2, 0.25) is 0 Å². The molecule has 0 saturated heterocycles. The number of hydrogen-bond acceptors (Lipinski definition) is 4. The highest BCUT2D eigenvalue weighted by atomic mass is 32.2. The summed E-state index contributed by atoms with van der Waals surface area (Å²) in [6.07, 6.45) is 2.54. The van der Waals surface area contributed by atoms with Crippen molar-refractivity contribution in [2.24, 2.45) is 0 Å². The van der Waals surface area contributed by atoms with Crippen molar-refractivity contribution in [2.45, 2.75) is 18.5 Å². The van der Waals surface area contributed by atoms with Gasteiger partial charge in [-0.2, -0.15) is 0 Å². The van der Waals surface area contributed by atoms with Crippen molar-refractivity contribution in [1.82, 2.24) is 9.97 Å². The van der Waals surface area contributed by atoms with Crippen molar-refractivity contribution in [2.75, 3.05) is 12.4 Å². The first kappa shape index (κ1) is 13.7. The maximum absolute atomic E-state index is 11.1. The zero-order valence-electron chi connectivity index (χ0n) is 10.8. The largest absolute Gasteiger partial charge is 0.493 e. The average Bonchev–Trinajstić information content (AvgIpc) is 2.44. The van der Waals surface area contributed by atoms with Crippen LogP contribution in [0.5, 0.6) is 5.75 Å². The van der Waals surface area contributed by atoms with Crippen LogP contribution in [0, 0.1) is 0 Å². The van der Waals surface area contributed by atoms with E-state index >= 15 is 0 Å². The molecule has 0 saturated carbocycles. The molecular formula is C14H16N2O2S. The molecule has 0 amide bonds. The number of thioether (sulfide) groups is 1. The maximum atomic E-state index is 11.1. The lowest BCUT2D eigenvalue weighted by atomic mass is 10.2. The highest BCUT2D eigenvalue weighted by Gasteiger charge is 1.98. The minimum absolute atomic E-state index is 0.131. The molecule has 1 heterocycles. The third-order valence-corrected chi connectivity index (χ3v) is 3.42. The van der Waals surface area contributed by atoms with E-state index in [1.165, 1.54) is 29.6 Å². The molecule has 5 heteroatoms. The predicted molar refractivity (Wildman–Crippen MR) is 76.9 cm³/mol. The summed E-state index contributed by atoms with van der Waals surface area (Å²) in [6.45, 7) is 2.70. The molecule has 0 aliphatic heterocycles. The molecule has 0 spiro atoms. The Morgan fingerprint density at radius 3 is 2.74 bits per heavy atom. The number of rotatable bonds is 6. The summed E-state index contributed by atoms with van der Waals surface area (Å²) in [5.74, 6) is 1.61. The van der Waals surface area contributed by atoms with Gasteiger partial charge >= 0.3 is 0 Å². The quantitative estimate of drug-likeness (QED) is 0.500. The van der Waals surface area contributed by atoms with E-state index in [0.29, 0.717) is 11.8 Å². The summed E-state index contributed by atoms with van der Waals surface area (Å²) in [5.41, 5.74) is 1.17. The minimum atomic E-state index is -0.131. The van der Waals surface area contributed by atoms with Gasteiger partial charge in [-0.25, -0.2) is 4.98 Å². The van der Waals surface area contributed by atoms with Crippen LogP contribution >= 0.6 is 11.8 Å². The smallest absolute Gasteiger partial charge is 0.251 e. The average molecular weight is 276 g/mol. The van der Waals surface area contributed by atoms with Crippen LogP contribution in [0.1, 0.15) is 12.5 Å². The number of ether oxygens (including phenoxy) is 1. The van der Waals surface area contributed by atoms with Crippen LogP contribution < -0.4 is 10.3 Å². The monoisotopic (exact) mass is 276 g/mol. The van der Waals surface area contributed by atoms with Crippen LogP contribution in [-0.2, 0) is 6.42 Å². The fourth-order valence-corrected chi connectivity index (χ4v) is 2.21. The molecule has 0 atom stereocenters. The summed E-state index contributed by atoms with van der Waals surface area (Å²) in [7, 11) is 0. The molecule has 2 rings (SSSR count). The van der Waals surface area contributed by atoms with Crippen LogP contribution in [0.25, 0.3) is 0 Å². The van der Waals surface area contributed by atoms with Crippen LogP contribution in [0.15, 0.2) is 46.5 Å². The number of H-pyrrole nitrogens is 1. The van der Waals surface area contributed by atoms with E-state index < -0.39 is 0 Å². The molecule has 0 aliphatic carbocycles. The van der Waals surface area contributed by atoms with Crippen molar-refractivity contribution in [3.63, 3.8) is 0 Å². The number of benzene rings is 1. The number of aromatic amines is 1. The lowest BCUT2D eigenvalue weighted by Gasteiger charge is -2.06. The van der Waals surface area contributed by atoms with E-state index in [4.69, 9.17) is 4.74 Å². The van der Waals surface area contributed by atoms with Gasteiger partial charge < -0.3 is 9.72 Å². The van der Waals surface area contributed by atoms with E-state index in [0.717, 1.165) is 17.9 Å². The van der Waals surface area contributed by atoms with Crippen molar-refractivity contribution >= 4 is 11.8 Å². The minimum Gasteiger partial charge on any atom is -0.493 e. The number of hydrogen-bond donors (Lipinski definition) is 1. The Balaban J connectivity index is 1.75. The van der Waals surface area contributed by atoms with Gasteiger partial charge in [-0.1, -0.05) is 30.8 Å². The van der Waals surface area contributed by atoms with Crippen LogP contribution in [0.2, 0.25) is 0 Å². The molecule has 4 nitrogen and oxygen atoms in total. The summed E-state index contributed by atoms with van der Waals surface area (Å²) in [5, 5.41) is 0.623. The highest BCUT2D eigenvalue weighted by molar-refractivity contribution is 7.99. The van der Waals surface area contributed by atoms with E-state index in [9.17, 15) is 4.79 Å². The first-order valence-corrected chi connectivity index (χ1v) is 7.16. The first-order chi connectivity index (χ1) is 9.28. The van der Waals surface area contributed by atoms with E-state index in [-0.39, 0.29) is 5.56 Å². The molecule has 2 aromatic rings. The molecule has 1 aromatic heterocycles. The Kier molecular flexibility index (Phi) is 5.03. The van der Waals surface area contributed by atoms with E-state index in [1.54, 1.807) is 0 Å². The van der Waals surface area contributed by atoms with Crippen LogP contribution in [0.3, 0.4) is 0 Å². The van der Waals surface area contributed by atoms with Gasteiger partial charge in [-0.3, -0.25) is 4.79 Å². The molecule has 1 aromatic carbocycles. The molecule has 19 heavy (non-hydrogen) atoms. The van der Waals surface area contributed by atoms with Crippen molar-refractivity contribution in [3.05, 3.63) is 52.4 Å². The van der Waals surface area contributed by atoms with Gasteiger partial charge in [0.15, 0.2) is 5.16 Å². The van der Waals surface area contributed by atoms with Crippen LogP contribution in [-0.4, -0.2) is 22.3 Å². The summed E-state index contributed by atoms with van der Waals surface area (Å²) in [6, 6.07) is 9.49. The molecule has 0 radical (unpaired) electrons. The van der Waals surface area contributed by atoms with Gasteiger partial charge in [0.25, 0.3) is 5.56 Å². The summed E-state index contributed by atoms with van der Waals surface area (Å²) in [4.78, 5) is 17.8. The normalized spacial score (nSPS) is 10.4. The number of aryl methyl sites for hydroxylation is 1. The molecule has 100 valence electrons. The first-order valence-electron chi connectivity index (χ1n) is 6.18. The Hall–Kier alpha value is -1.75. The van der Waals surface area contributed by atoms with E-state index in [2.05, 4.69) is 29.0 Å². The Morgan fingerprint density at radius 1 is 1.26 bits per heavy atom. The zero-order chi connectivity index (χ0) is 13.5. The molecule has 1 N–H and O–H groups in total. The second-order valence-corrected chi connectivity index (χ2v) is 5.02. The Bertz CT molecular complexity index is 566. The van der Waals surface area contributed by atoms with Gasteiger partial charge in [0.1, 0.15) is 5.75 Å². The molecule has 0 bridgehead atoms. The number of nitrogens with one attached hydrogen (secondary N) is 1. The topological polar surface area (TPSA) is 55.0 Å². The Morgan fingerprint density at radius 2 is 2.05 bits per heavy atom. The van der Waals surface area contributed by atoms with Crippen LogP contribution in [0.4, 0.5) is 0 Å². The fourth-order valence-electron chi connectivity index (χ4n) is 1.54. The molecular weight excluding hydrogens is 260 g/mol. The second kappa shape index (κ2) is 6.99. The second-order valence-electron chi connectivity index (χ2n) is 3.93. The van der Waals surface area contributed by atoms with Gasteiger partial charge in [0, 0.05) is 18.0 Å². The number of aromatic nitrogens is 2. The SMILES string of the molecule is CCc1ccc(OCCSc2nccc(=O)[nH]2)cc1. The maximum Gasteiger partial charge on any atom is 0.251 e. The lowest BCUT2D eigenvalue weighted by Crippen LogP contribution is -2.07. The number of nitrogens with zero attached hydrogens (tertiary/aromatic N) is 1. The van der Waals surface area contributed by atoms with Crippen molar-refractivity contribution in [1.29, 1.82) is 0 Å². The summed E-state index contributed by atoms with van der Waals surface area (Å²) < 4.78 is 5.62. The van der Waals surface area contributed by atoms with Crippen molar-refractivity contribution < 1.29 is 4.74 Å². The molecule has 0 aliphatic rings. The van der Waals surface area contributed by atoms with Gasteiger partial charge in [-0.15, -0.1) is 0 Å². The zero-order valence-corrected chi connectivity index (χ0v) is 11.6. The third kappa shape index (κ3) is 4.44. The van der Waals surface area contributed by atoms with Crippen molar-refractivity contribution in [3.8, 4) is 5.75 Å².